The number of carbonyl (C=O) groups excluding carboxylic acids is 1. The van der Waals surface area contributed by atoms with E-state index in [-0.39, 0.29) is 10.8 Å². The fourth-order valence-electron chi connectivity index (χ4n) is 3.19. The van der Waals surface area contributed by atoms with Crippen LogP contribution in [0.5, 0.6) is 0 Å². The Morgan fingerprint density at radius 1 is 1.14 bits per heavy atom. The molecule has 3 rings (SSSR count). The quantitative estimate of drug-likeness (QED) is 0.732. The van der Waals surface area contributed by atoms with E-state index in [9.17, 15) is 13.2 Å². The van der Waals surface area contributed by atoms with Crippen molar-refractivity contribution in [3.8, 4) is 0 Å². The molecule has 0 heterocycles. The number of hydrogen-bond donors (Lipinski definition) is 1. The van der Waals surface area contributed by atoms with Crippen LogP contribution in [0, 0.1) is 0 Å². The summed E-state index contributed by atoms with van der Waals surface area (Å²) < 4.78 is 23.4. The Balaban J connectivity index is 1.64. The molecule has 0 radical (unpaired) electrons. The smallest absolute Gasteiger partial charge is 0.238 e. The number of nitrogens with one attached hydrogen (secondary N) is 1. The van der Waals surface area contributed by atoms with Gasteiger partial charge < -0.3 is 5.32 Å². The van der Waals surface area contributed by atoms with Crippen LogP contribution in [0.2, 0.25) is 0 Å². The molecule has 1 saturated carbocycles. The maximum atomic E-state index is 12.5. The van der Waals surface area contributed by atoms with E-state index in [0.717, 1.165) is 25.6 Å². The second-order valence-corrected chi connectivity index (χ2v) is 9.90. The summed E-state index contributed by atoms with van der Waals surface area (Å²) in [5, 5.41) is 2.83. The van der Waals surface area contributed by atoms with E-state index in [2.05, 4.69) is 48.3 Å². The van der Waals surface area contributed by atoms with Crippen molar-refractivity contribution in [2.45, 2.75) is 50.1 Å². The standard InChI is InChI=1S/C22H28N2O3S/c1-16(2)18-9-7-17(8-10-18)14-24(20-11-12-20)15-22(25)23-19-5-4-6-21(13-19)28(3,26)27/h4-10,13,16,20H,11-12,14-15H2,1-3H3,(H,23,25). The monoisotopic (exact) mass is 400 g/mol. The van der Waals surface area contributed by atoms with E-state index in [1.54, 1.807) is 12.1 Å². The number of benzene rings is 2. The van der Waals surface area contributed by atoms with Gasteiger partial charge in [-0.3, -0.25) is 9.69 Å². The molecule has 1 aliphatic rings. The fourth-order valence-corrected chi connectivity index (χ4v) is 3.85. The first kappa shape index (κ1) is 20.6. The van der Waals surface area contributed by atoms with E-state index in [0.29, 0.717) is 24.2 Å². The van der Waals surface area contributed by atoms with Crippen LogP contribution >= 0.6 is 0 Å². The van der Waals surface area contributed by atoms with Gasteiger partial charge in [-0.25, -0.2) is 8.42 Å². The summed E-state index contributed by atoms with van der Waals surface area (Å²) in [6.07, 6.45) is 3.38. The normalized spacial score (nSPS) is 14.5. The fraction of sp³-hybridized carbons (Fsp3) is 0.409. The van der Waals surface area contributed by atoms with Crippen LogP contribution in [0.1, 0.15) is 43.7 Å². The molecular weight excluding hydrogens is 372 g/mol. The van der Waals surface area contributed by atoms with Gasteiger partial charge in [0.15, 0.2) is 9.84 Å². The van der Waals surface area contributed by atoms with Crippen LogP contribution in [0.15, 0.2) is 53.4 Å². The number of sulfone groups is 1. The van der Waals surface area contributed by atoms with Gasteiger partial charge >= 0.3 is 0 Å². The maximum absolute atomic E-state index is 12.5. The molecule has 0 unspecified atom stereocenters. The van der Waals surface area contributed by atoms with Gasteiger partial charge in [-0.05, 0) is 48.1 Å². The Labute approximate surface area is 167 Å². The zero-order valence-electron chi connectivity index (χ0n) is 16.7. The van der Waals surface area contributed by atoms with E-state index >= 15 is 0 Å². The van der Waals surface area contributed by atoms with Crippen molar-refractivity contribution in [3.63, 3.8) is 0 Å². The van der Waals surface area contributed by atoms with Gasteiger partial charge in [0.2, 0.25) is 5.91 Å². The van der Waals surface area contributed by atoms with Crippen molar-refractivity contribution in [2.24, 2.45) is 0 Å². The molecule has 0 saturated heterocycles. The Morgan fingerprint density at radius 3 is 2.39 bits per heavy atom. The van der Waals surface area contributed by atoms with Crippen LogP contribution in [0.4, 0.5) is 5.69 Å². The zero-order chi connectivity index (χ0) is 20.3. The highest BCUT2D eigenvalue weighted by atomic mass is 32.2. The Kier molecular flexibility index (Phi) is 6.20. The highest BCUT2D eigenvalue weighted by molar-refractivity contribution is 7.90. The number of carbonyl (C=O) groups is 1. The van der Waals surface area contributed by atoms with E-state index < -0.39 is 9.84 Å². The molecule has 6 heteroatoms. The van der Waals surface area contributed by atoms with Crippen LogP contribution in [-0.2, 0) is 21.2 Å². The lowest BCUT2D eigenvalue weighted by molar-refractivity contribution is -0.117. The van der Waals surface area contributed by atoms with Gasteiger partial charge in [0.25, 0.3) is 0 Å². The van der Waals surface area contributed by atoms with Crippen molar-refractivity contribution in [1.29, 1.82) is 0 Å². The van der Waals surface area contributed by atoms with Gasteiger partial charge in [-0.1, -0.05) is 44.2 Å². The molecule has 0 spiro atoms. The van der Waals surface area contributed by atoms with Gasteiger partial charge in [0.1, 0.15) is 0 Å². The minimum atomic E-state index is -3.30. The van der Waals surface area contributed by atoms with Crippen LogP contribution in [0.25, 0.3) is 0 Å². The Bertz CT molecular complexity index is 933. The van der Waals surface area contributed by atoms with Crippen molar-refractivity contribution in [1.82, 2.24) is 4.90 Å². The van der Waals surface area contributed by atoms with Crippen molar-refractivity contribution in [3.05, 3.63) is 59.7 Å². The third-order valence-corrected chi connectivity index (χ3v) is 6.10. The minimum absolute atomic E-state index is 0.128. The SMILES string of the molecule is CC(C)c1ccc(CN(CC(=O)Nc2cccc(S(C)(=O)=O)c2)C2CC2)cc1. The van der Waals surface area contributed by atoms with E-state index in [1.165, 1.54) is 23.3 Å². The first-order chi connectivity index (χ1) is 13.2. The molecule has 2 aromatic rings. The van der Waals surface area contributed by atoms with Crippen molar-refractivity contribution >= 4 is 21.4 Å². The number of anilines is 1. The zero-order valence-corrected chi connectivity index (χ0v) is 17.5. The lowest BCUT2D eigenvalue weighted by Gasteiger charge is -2.22. The lowest BCUT2D eigenvalue weighted by Crippen LogP contribution is -2.34. The number of hydrogen-bond acceptors (Lipinski definition) is 4. The van der Waals surface area contributed by atoms with Gasteiger partial charge in [0, 0.05) is 24.5 Å². The number of rotatable bonds is 8. The van der Waals surface area contributed by atoms with Gasteiger partial charge in [-0.15, -0.1) is 0 Å². The predicted octanol–water partition coefficient (Wildman–Crippen LogP) is 3.82. The first-order valence-corrected chi connectivity index (χ1v) is 11.5. The van der Waals surface area contributed by atoms with E-state index in [4.69, 9.17) is 0 Å². The minimum Gasteiger partial charge on any atom is -0.325 e. The Morgan fingerprint density at radius 2 is 1.82 bits per heavy atom. The molecule has 1 amide bonds. The molecule has 0 atom stereocenters. The summed E-state index contributed by atoms with van der Waals surface area (Å²) in [5.74, 6) is 0.374. The highest BCUT2D eigenvalue weighted by Gasteiger charge is 2.30. The molecule has 1 fully saturated rings. The average Bonchev–Trinajstić information content (AvgIpc) is 3.46. The molecule has 0 bridgehead atoms. The molecule has 0 aromatic heterocycles. The average molecular weight is 401 g/mol. The molecule has 2 aromatic carbocycles. The Hall–Kier alpha value is -2.18. The molecular formula is C22H28N2O3S. The molecule has 1 N–H and O–H groups in total. The summed E-state index contributed by atoms with van der Waals surface area (Å²) in [5.41, 5.74) is 3.01. The predicted molar refractivity (Wildman–Crippen MR) is 112 cm³/mol. The number of amides is 1. The highest BCUT2D eigenvalue weighted by Crippen LogP contribution is 2.28. The largest absolute Gasteiger partial charge is 0.325 e. The second-order valence-electron chi connectivity index (χ2n) is 7.88. The second kappa shape index (κ2) is 8.45. The summed E-state index contributed by atoms with van der Waals surface area (Å²) >= 11 is 0. The van der Waals surface area contributed by atoms with Crippen LogP contribution in [-0.4, -0.2) is 38.1 Å². The van der Waals surface area contributed by atoms with E-state index in [1.807, 2.05) is 0 Å². The number of nitrogens with zero attached hydrogens (tertiary/aromatic N) is 1. The summed E-state index contributed by atoms with van der Waals surface area (Å²) in [4.78, 5) is 14.9. The molecule has 1 aliphatic carbocycles. The summed E-state index contributed by atoms with van der Waals surface area (Å²) in [7, 11) is -3.30. The molecule has 0 aliphatic heterocycles. The van der Waals surface area contributed by atoms with Crippen molar-refractivity contribution < 1.29 is 13.2 Å². The summed E-state index contributed by atoms with van der Waals surface area (Å²) in [6, 6.07) is 15.4. The van der Waals surface area contributed by atoms with Crippen LogP contribution < -0.4 is 5.32 Å². The third kappa shape index (κ3) is 5.66. The van der Waals surface area contributed by atoms with Crippen LogP contribution in [0.3, 0.4) is 0 Å². The lowest BCUT2D eigenvalue weighted by atomic mass is 10.0. The first-order valence-electron chi connectivity index (χ1n) is 9.65. The molecule has 5 nitrogen and oxygen atoms in total. The third-order valence-electron chi connectivity index (χ3n) is 4.99. The van der Waals surface area contributed by atoms with Crippen molar-refractivity contribution in [2.75, 3.05) is 18.1 Å². The maximum Gasteiger partial charge on any atom is 0.238 e. The molecule has 28 heavy (non-hydrogen) atoms. The molecule has 150 valence electrons. The van der Waals surface area contributed by atoms with Gasteiger partial charge in [0.05, 0.1) is 11.4 Å². The van der Waals surface area contributed by atoms with Gasteiger partial charge in [-0.2, -0.15) is 0 Å². The topological polar surface area (TPSA) is 66.5 Å². The summed E-state index contributed by atoms with van der Waals surface area (Å²) in [6.45, 7) is 5.38.